The van der Waals surface area contributed by atoms with Gasteiger partial charge in [-0.2, -0.15) is 0 Å². The smallest absolute Gasteiger partial charge is 0.00675 e. The van der Waals surface area contributed by atoms with Crippen LogP contribution >= 0.6 is 0 Å². The van der Waals surface area contributed by atoms with Crippen molar-refractivity contribution in [1.29, 1.82) is 0 Å². The molecule has 104 valence electrons. The molecular formula is C17H31N. The van der Waals surface area contributed by atoms with Crippen LogP contribution in [0, 0.1) is 17.3 Å². The summed E-state index contributed by atoms with van der Waals surface area (Å²) < 4.78 is 0. The van der Waals surface area contributed by atoms with Gasteiger partial charge in [-0.1, -0.05) is 26.2 Å². The Labute approximate surface area is 113 Å². The van der Waals surface area contributed by atoms with E-state index in [1.807, 2.05) is 0 Å². The summed E-state index contributed by atoms with van der Waals surface area (Å²) >= 11 is 0. The van der Waals surface area contributed by atoms with E-state index in [2.05, 4.69) is 12.2 Å². The van der Waals surface area contributed by atoms with Gasteiger partial charge >= 0.3 is 0 Å². The first-order valence-corrected chi connectivity index (χ1v) is 8.49. The van der Waals surface area contributed by atoms with Crippen LogP contribution in [-0.2, 0) is 0 Å². The maximum Gasteiger partial charge on any atom is 0.00675 e. The molecule has 1 N–H and O–H groups in total. The molecule has 0 aromatic heterocycles. The van der Waals surface area contributed by atoms with Crippen LogP contribution in [0.5, 0.6) is 0 Å². The summed E-state index contributed by atoms with van der Waals surface area (Å²) in [5.74, 6) is 1.98. The van der Waals surface area contributed by atoms with Gasteiger partial charge in [0, 0.05) is 6.04 Å². The molecule has 1 heteroatoms. The number of rotatable bonds is 3. The highest BCUT2D eigenvalue weighted by Gasteiger charge is 2.37. The zero-order chi connectivity index (χ0) is 12.4. The monoisotopic (exact) mass is 249 g/mol. The van der Waals surface area contributed by atoms with E-state index in [1.54, 1.807) is 12.8 Å². The summed E-state index contributed by atoms with van der Waals surface area (Å²) in [5, 5.41) is 3.89. The molecule has 2 unspecified atom stereocenters. The van der Waals surface area contributed by atoms with Crippen LogP contribution in [0.1, 0.15) is 77.6 Å². The molecule has 0 aliphatic heterocycles. The van der Waals surface area contributed by atoms with E-state index >= 15 is 0 Å². The first kappa shape index (κ1) is 13.0. The summed E-state index contributed by atoms with van der Waals surface area (Å²) in [6.07, 6.45) is 16.5. The molecule has 1 nitrogen and oxygen atoms in total. The first-order chi connectivity index (χ1) is 8.76. The fourth-order valence-electron chi connectivity index (χ4n) is 4.90. The van der Waals surface area contributed by atoms with E-state index in [-0.39, 0.29) is 0 Å². The van der Waals surface area contributed by atoms with Crippen LogP contribution in [0.25, 0.3) is 0 Å². The summed E-state index contributed by atoms with van der Waals surface area (Å²) in [6.45, 7) is 3.73. The third-order valence-corrected chi connectivity index (χ3v) is 6.21. The van der Waals surface area contributed by atoms with Gasteiger partial charge in [0.15, 0.2) is 0 Å². The minimum Gasteiger partial charge on any atom is -0.314 e. The molecule has 18 heavy (non-hydrogen) atoms. The van der Waals surface area contributed by atoms with Crippen molar-refractivity contribution in [2.24, 2.45) is 17.3 Å². The predicted molar refractivity (Wildman–Crippen MR) is 77.7 cm³/mol. The third-order valence-electron chi connectivity index (χ3n) is 6.21. The first-order valence-electron chi connectivity index (χ1n) is 8.49. The van der Waals surface area contributed by atoms with Crippen LogP contribution in [0.3, 0.4) is 0 Å². The van der Waals surface area contributed by atoms with Gasteiger partial charge in [0.05, 0.1) is 0 Å². The Balaban J connectivity index is 1.38. The second-order valence-electron chi connectivity index (χ2n) is 7.67. The van der Waals surface area contributed by atoms with Gasteiger partial charge in [-0.05, 0) is 75.2 Å². The normalized spacial score (nSPS) is 36.5. The van der Waals surface area contributed by atoms with Crippen LogP contribution in [0.2, 0.25) is 0 Å². The largest absolute Gasteiger partial charge is 0.314 e. The van der Waals surface area contributed by atoms with E-state index in [0.29, 0.717) is 0 Å². The summed E-state index contributed by atoms with van der Waals surface area (Å²) in [4.78, 5) is 0. The minimum absolute atomic E-state index is 0.806. The van der Waals surface area contributed by atoms with Crippen molar-refractivity contribution < 1.29 is 0 Å². The van der Waals surface area contributed by atoms with Crippen molar-refractivity contribution in [3.63, 3.8) is 0 Å². The van der Waals surface area contributed by atoms with Crippen molar-refractivity contribution in [1.82, 2.24) is 5.32 Å². The molecular weight excluding hydrogens is 218 g/mol. The zero-order valence-electron chi connectivity index (χ0n) is 12.2. The molecule has 0 radical (unpaired) electrons. The molecule has 0 saturated heterocycles. The molecule has 0 aromatic carbocycles. The molecule has 3 saturated carbocycles. The Morgan fingerprint density at radius 2 is 1.67 bits per heavy atom. The molecule has 3 rings (SSSR count). The van der Waals surface area contributed by atoms with Crippen LogP contribution in [-0.4, -0.2) is 12.6 Å². The van der Waals surface area contributed by atoms with Gasteiger partial charge in [0.25, 0.3) is 0 Å². The fourth-order valence-corrected chi connectivity index (χ4v) is 4.90. The highest BCUT2D eigenvalue weighted by molar-refractivity contribution is 4.91. The quantitative estimate of drug-likeness (QED) is 0.775. The third kappa shape index (κ3) is 2.92. The Morgan fingerprint density at radius 3 is 2.28 bits per heavy atom. The van der Waals surface area contributed by atoms with Gasteiger partial charge in [0.2, 0.25) is 0 Å². The second kappa shape index (κ2) is 5.53. The van der Waals surface area contributed by atoms with Crippen LogP contribution in [0.15, 0.2) is 0 Å². The Morgan fingerprint density at radius 1 is 0.944 bits per heavy atom. The fraction of sp³-hybridized carbons (Fsp3) is 1.00. The molecule has 0 bridgehead atoms. The van der Waals surface area contributed by atoms with Gasteiger partial charge in [0.1, 0.15) is 0 Å². The van der Waals surface area contributed by atoms with Crippen molar-refractivity contribution in [3.8, 4) is 0 Å². The van der Waals surface area contributed by atoms with Gasteiger partial charge in [-0.3, -0.25) is 0 Å². The van der Waals surface area contributed by atoms with Crippen LogP contribution < -0.4 is 5.32 Å². The molecule has 2 atom stereocenters. The Hall–Kier alpha value is -0.0400. The maximum absolute atomic E-state index is 3.89. The highest BCUT2D eigenvalue weighted by Crippen LogP contribution is 2.48. The van der Waals surface area contributed by atoms with E-state index in [1.165, 1.54) is 64.3 Å². The van der Waals surface area contributed by atoms with Crippen molar-refractivity contribution in [2.75, 3.05) is 6.54 Å². The van der Waals surface area contributed by atoms with Gasteiger partial charge in [-0.25, -0.2) is 0 Å². The molecule has 0 aromatic rings. The van der Waals surface area contributed by atoms with E-state index in [4.69, 9.17) is 0 Å². The molecule has 0 amide bonds. The predicted octanol–water partition coefficient (Wildman–Crippen LogP) is 4.52. The molecule has 1 spiro atoms. The van der Waals surface area contributed by atoms with E-state index in [0.717, 1.165) is 23.3 Å². The average Bonchev–Trinajstić information content (AvgIpc) is 2.99. The number of hydrogen-bond donors (Lipinski definition) is 1. The number of nitrogens with one attached hydrogen (secondary N) is 1. The molecule has 3 aliphatic rings. The van der Waals surface area contributed by atoms with E-state index < -0.39 is 0 Å². The van der Waals surface area contributed by atoms with Crippen molar-refractivity contribution in [3.05, 3.63) is 0 Å². The second-order valence-corrected chi connectivity index (χ2v) is 7.67. The lowest BCUT2D eigenvalue weighted by Crippen LogP contribution is -2.38. The van der Waals surface area contributed by atoms with Crippen LogP contribution in [0.4, 0.5) is 0 Å². The zero-order valence-corrected chi connectivity index (χ0v) is 12.2. The lowest BCUT2D eigenvalue weighted by Gasteiger charge is -2.38. The van der Waals surface area contributed by atoms with Gasteiger partial charge < -0.3 is 5.32 Å². The number of hydrogen-bond acceptors (Lipinski definition) is 1. The van der Waals surface area contributed by atoms with Crippen molar-refractivity contribution >= 4 is 0 Å². The van der Waals surface area contributed by atoms with Gasteiger partial charge in [-0.15, -0.1) is 0 Å². The molecule has 3 aliphatic carbocycles. The average molecular weight is 249 g/mol. The maximum atomic E-state index is 3.89. The standard InChI is InChI=1S/C17H31N/c1-14-4-5-15(12-14)13-18-16-6-10-17(11-7-16)8-2-3-9-17/h14-16,18H,2-13H2,1H3. The Kier molecular flexibility index (Phi) is 3.98. The lowest BCUT2D eigenvalue weighted by atomic mass is 9.71. The van der Waals surface area contributed by atoms with E-state index in [9.17, 15) is 0 Å². The summed E-state index contributed by atoms with van der Waals surface area (Å²) in [7, 11) is 0. The highest BCUT2D eigenvalue weighted by atomic mass is 14.9. The lowest BCUT2D eigenvalue weighted by molar-refractivity contribution is 0.166. The summed E-state index contributed by atoms with van der Waals surface area (Å²) in [6, 6.07) is 0.854. The molecule has 3 fully saturated rings. The molecule has 0 heterocycles. The topological polar surface area (TPSA) is 12.0 Å². The minimum atomic E-state index is 0.806. The Bertz CT molecular complexity index is 257. The van der Waals surface area contributed by atoms with Crippen molar-refractivity contribution in [2.45, 2.75) is 83.6 Å². The summed E-state index contributed by atoms with van der Waals surface area (Å²) in [5.41, 5.74) is 0.806. The SMILES string of the molecule is CC1CCC(CNC2CCC3(CCCC3)CC2)C1.